The van der Waals surface area contributed by atoms with Gasteiger partial charge in [0.15, 0.2) is 18.9 Å². The van der Waals surface area contributed by atoms with Crippen LogP contribution in [-0.4, -0.2) is 193 Å². The number of hydrogen-bond donors (Lipinski definition) is 12. The molecule has 73 heavy (non-hydrogen) atoms. The van der Waals surface area contributed by atoms with Gasteiger partial charge in [-0.15, -0.1) is 0 Å². The first-order valence-electron chi connectivity index (χ1n) is 28.8. The largest absolute Gasteiger partial charge is 0.394 e. The first kappa shape index (κ1) is 66.1. The van der Waals surface area contributed by atoms with Gasteiger partial charge in [0, 0.05) is 6.42 Å². The van der Waals surface area contributed by atoms with Crippen LogP contribution >= 0.6 is 0 Å². The number of carbonyl (C=O) groups excluding carboxylic acids is 1. The maximum absolute atomic E-state index is 13.1. The number of rotatable bonds is 42. The first-order chi connectivity index (χ1) is 35.3. The van der Waals surface area contributed by atoms with Gasteiger partial charge in [-0.3, -0.25) is 4.79 Å². The highest BCUT2D eigenvalue weighted by Crippen LogP contribution is 2.33. The lowest BCUT2D eigenvalue weighted by molar-refractivity contribution is -0.379. The highest BCUT2D eigenvalue weighted by Gasteiger charge is 2.53. The van der Waals surface area contributed by atoms with Gasteiger partial charge in [-0.2, -0.15) is 0 Å². The average Bonchev–Trinajstić information content (AvgIpc) is 3.39. The minimum Gasteiger partial charge on any atom is -0.394 e. The Morgan fingerprint density at radius 1 is 0.438 bits per heavy atom. The lowest BCUT2D eigenvalue weighted by atomic mass is 9.96. The molecule has 3 saturated heterocycles. The van der Waals surface area contributed by atoms with Gasteiger partial charge in [0.1, 0.15) is 73.2 Å². The Bertz CT molecular complexity index is 1350. The van der Waals surface area contributed by atoms with Crippen LogP contribution in [0.25, 0.3) is 0 Å². The van der Waals surface area contributed by atoms with Crippen molar-refractivity contribution in [3.63, 3.8) is 0 Å². The summed E-state index contributed by atoms with van der Waals surface area (Å²) < 4.78 is 34.2. The zero-order valence-electron chi connectivity index (χ0n) is 44.6. The maximum atomic E-state index is 13.1. The highest BCUT2D eigenvalue weighted by atomic mass is 16.8. The summed E-state index contributed by atoms with van der Waals surface area (Å²) in [6, 6.07) is -0.877. The summed E-state index contributed by atoms with van der Waals surface area (Å²) in [7, 11) is 0. The number of ether oxygens (including phenoxy) is 6. The summed E-state index contributed by atoms with van der Waals surface area (Å²) >= 11 is 0. The highest BCUT2D eigenvalue weighted by molar-refractivity contribution is 5.76. The molecule has 0 bridgehead atoms. The van der Waals surface area contributed by atoms with Crippen molar-refractivity contribution in [1.29, 1.82) is 0 Å². The SMILES string of the molecule is CCCCCCCCCCCCCCCCCCCCCCCCC(O)C(COC1OC(CO)C(OC2OC(CO)C(OC3OC(CO)C(O)C(O)C3O)C(O)C2O)C(O)C1O)NC(=O)CCCCCCCC. The Hall–Kier alpha value is -1.21. The van der Waals surface area contributed by atoms with E-state index in [1.165, 1.54) is 116 Å². The van der Waals surface area contributed by atoms with E-state index in [4.69, 9.17) is 28.4 Å². The van der Waals surface area contributed by atoms with Gasteiger partial charge in [-0.05, 0) is 12.8 Å². The third kappa shape index (κ3) is 24.1. The Kier molecular flexibility index (Phi) is 35.5. The van der Waals surface area contributed by atoms with Crippen LogP contribution in [0, 0.1) is 0 Å². The van der Waals surface area contributed by atoms with Gasteiger partial charge in [-0.25, -0.2) is 0 Å². The van der Waals surface area contributed by atoms with Crippen molar-refractivity contribution in [2.24, 2.45) is 0 Å². The van der Waals surface area contributed by atoms with E-state index in [-0.39, 0.29) is 18.9 Å². The summed E-state index contributed by atoms with van der Waals surface area (Å²) in [6.07, 6.45) is 8.23. The van der Waals surface area contributed by atoms with E-state index < -0.39 is 124 Å². The summed E-state index contributed by atoms with van der Waals surface area (Å²) in [6.45, 7) is 1.72. The van der Waals surface area contributed by atoms with Gasteiger partial charge in [0.25, 0.3) is 0 Å². The second kappa shape index (κ2) is 39.2. The average molecular weight is 1050 g/mol. The molecule has 12 N–H and O–H groups in total. The van der Waals surface area contributed by atoms with Crippen LogP contribution in [0.15, 0.2) is 0 Å². The molecule has 19 nitrogen and oxygen atoms in total. The van der Waals surface area contributed by atoms with Crippen LogP contribution in [0.3, 0.4) is 0 Å². The van der Waals surface area contributed by atoms with Gasteiger partial charge in [0.2, 0.25) is 5.91 Å². The third-order valence-electron chi connectivity index (χ3n) is 14.9. The van der Waals surface area contributed by atoms with Crippen molar-refractivity contribution < 1.29 is 89.4 Å². The Morgan fingerprint density at radius 3 is 1.19 bits per heavy atom. The zero-order chi connectivity index (χ0) is 53.4. The molecule has 17 unspecified atom stereocenters. The number of aliphatic hydroxyl groups is 11. The Morgan fingerprint density at radius 2 is 0.781 bits per heavy atom. The van der Waals surface area contributed by atoms with E-state index >= 15 is 0 Å². The molecule has 17 atom stereocenters. The number of nitrogens with one attached hydrogen (secondary N) is 1. The molecule has 3 heterocycles. The lowest BCUT2D eigenvalue weighted by Crippen LogP contribution is -2.66. The number of carbonyl (C=O) groups is 1. The molecule has 0 spiro atoms. The topological polar surface area (TPSA) is 307 Å². The van der Waals surface area contributed by atoms with E-state index in [0.29, 0.717) is 12.8 Å². The zero-order valence-corrected chi connectivity index (χ0v) is 44.6. The Labute approximate surface area is 436 Å². The molecule has 19 heteroatoms. The smallest absolute Gasteiger partial charge is 0.220 e. The second-order valence-electron chi connectivity index (χ2n) is 21.1. The van der Waals surface area contributed by atoms with E-state index in [2.05, 4.69) is 19.2 Å². The fourth-order valence-electron chi connectivity index (χ4n) is 10.1. The van der Waals surface area contributed by atoms with E-state index in [1.807, 2.05) is 0 Å². The van der Waals surface area contributed by atoms with Crippen LogP contribution in [0.1, 0.15) is 206 Å². The summed E-state index contributed by atoms with van der Waals surface area (Å²) in [5.41, 5.74) is 0. The lowest BCUT2D eigenvalue weighted by Gasteiger charge is -2.48. The van der Waals surface area contributed by atoms with Crippen LogP contribution in [0.4, 0.5) is 0 Å². The predicted molar refractivity (Wildman–Crippen MR) is 273 cm³/mol. The number of aliphatic hydroxyl groups excluding tert-OH is 11. The molecule has 3 fully saturated rings. The number of unbranched alkanes of at least 4 members (excludes halogenated alkanes) is 26. The molecular weight excluding hydrogens is 951 g/mol. The van der Waals surface area contributed by atoms with E-state index in [0.717, 1.165) is 57.8 Å². The van der Waals surface area contributed by atoms with Crippen LogP contribution in [0.5, 0.6) is 0 Å². The standard InChI is InChI=1S/C54H103NO18/c1-3-5-7-9-11-12-13-14-15-16-17-18-19-20-21-22-23-24-25-26-27-29-31-38(59)37(55-42(60)32-30-28-10-8-6-4-2)36-68-52-48(66)45(63)50(40(34-57)70-52)73-54-49(67)46(64)51(41(35-58)71-54)72-53-47(65)44(62)43(61)39(33-56)69-53/h37-41,43-54,56-59,61-67H,3-36H2,1-2H3,(H,55,60). The third-order valence-corrected chi connectivity index (χ3v) is 14.9. The van der Waals surface area contributed by atoms with Gasteiger partial charge in [0.05, 0.1) is 38.6 Å². The van der Waals surface area contributed by atoms with Gasteiger partial charge >= 0.3 is 0 Å². The van der Waals surface area contributed by atoms with Gasteiger partial charge < -0.3 is 89.9 Å². The second-order valence-corrected chi connectivity index (χ2v) is 21.1. The van der Waals surface area contributed by atoms with Gasteiger partial charge in [-0.1, -0.05) is 187 Å². The van der Waals surface area contributed by atoms with E-state index in [1.54, 1.807) is 0 Å². The molecule has 3 aliphatic heterocycles. The molecule has 3 rings (SSSR count). The molecule has 432 valence electrons. The van der Waals surface area contributed by atoms with Crippen molar-refractivity contribution in [3.8, 4) is 0 Å². The fourth-order valence-corrected chi connectivity index (χ4v) is 10.1. The van der Waals surface area contributed by atoms with Crippen molar-refractivity contribution in [3.05, 3.63) is 0 Å². The molecule has 1 amide bonds. The first-order valence-corrected chi connectivity index (χ1v) is 28.8. The number of hydrogen-bond acceptors (Lipinski definition) is 18. The quantitative estimate of drug-likeness (QED) is 0.0384. The molecule has 0 radical (unpaired) electrons. The minimum absolute atomic E-state index is 0.251. The number of amides is 1. The normalized spacial score (nSPS) is 31.7. The molecule has 0 aromatic rings. The van der Waals surface area contributed by atoms with Crippen molar-refractivity contribution in [2.75, 3.05) is 26.4 Å². The molecule has 0 aliphatic carbocycles. The summed E-state index contributed by atoms with van der Waals surface area (Å²) in [5, 5.41) is 120. The predicted octanol–water partition coefficient (Wildman–Crippen LogP) is 4.04. The minimum atomic E-state index is -1.97. The summed E-state index contributed by atoms with van der Waals surface area (Å²) in [5.74, 6) is -0.251. The maximum Gasteiger partial charge on any atom is 0.220 e. The molecule has 0 saturated carbocycles. The fraction of sp³-hybridized carbons (Fsp3) is 0.981. The summed E-state index contributed by atoms with van der Waals surface area (Å²) in [4.78, 5) is 13.1. The molecule has 3 aliphatic rings. The molecule has 0 aromatic heterocycles. The monoisotopic (exact) mass is 1050 g/mol. The molecular formula is C54H103NO18. The molecule has 0 aromatic carbocycles. The van der Waals surface area contributed by atoms with Crippen molar-refractivity contribution in [2.45, 2.75) is 311 Å². The Balaban J connectivity index is 1.43. The van der Waals surface area contributed by atoms with E-state index in [9.17, 15) is 61.0 Å². The van der Waals surface area contributed by atoms with Crippen LogP contribution < -0.4 is 5.32 Å². The van der Waals surface area contributed by atoms with Crippen LogP contribution in [-0.2, 0) is 33.2 Å². The van der Waals surface area contributed by atoms with Crippen molar-refractivity contribution >= 4 is 5.91 Å². The van der Waals surface area contributed by atoms with Crippen molar-refractivity contribution in [1.82, 2.24) is 5.32 Å². The van der Waals surface area contributed by atoms with Crippen LogP contribution in [0.2, 0.25) is 0 Å².